The fourth-order valence-corrected chi connectivity index (χ4v) is 5.89. The van der Waals surface area contributed by atoms with E-state index < -0.39 is 12.0 Å². The van der Waals surface area contributed by atoms with Gasteiger partial charge in [-0.3, -0.25) is 14.7 Å². The monoisotopic (exact) mass is 627 g/mol. The second-order valence-electron chi connectivity index (χ2n) is 12.3. The van der Waals surface area contributed by atoms with Gasteiger partial charge in [-0.1, -0.05) is 26.2 Å². The van der Waals surface area contributed by atoms with Crippen LogP contribution >= 0.6 is 0 Å². The number of carboxylic acids is 1. The third-order valence-corrected chi connectivity index (χ3v) is 8.64. The number of carbonyl (C=O) groups excluding carboxylic acids is 1. The number of rotatable bonds is 19. The van der Waals surface area contributed by atoms with Gasteiger partial charge in [0.15, 0.2) is 5.82 Å². The zero-order valence-corrected chi connectivity index (χ0v) is 26.8. The van der Waals surface area contributed by atoms with Crippen LogP contribution in [0.25, 0.3) is 0 Å². The summed E-state index contributed by atoms with van der Waals surface area (Å²) in [5.41, 5.74) is 6.46. The van der Waals surface area contributed by atoms with Crippen molar-refractivity contribution in [1.29, 1.82) is 0 Å². The Kier molecular flexibility index (Phi) is 14.2. The molecule has 1 aliphatic heterocycles. The quantitative estimate of drug-likeness (QED) is 0.112. The number of hydrogen-bond acceptors (Lipinski definition) is 11. The van der Waals surface area contributed by atoms with Crippen molar-refractivity contribution in [1.82, 2.24) is 40.7 Å². The summed E-state index contributed by atoms with van der Waals surface area (Å²) in [5, 5.41) is 30.4. The largest absolute Gasteiger partial charge is 0.480 e. The van der Waals surface area contributed by atoms with Gasteiger partial charge in [-0.2, -0.15) is 10.1 Å². The van der Waals surface area contributed by atoms with Crippen LogP contribution in [0.4, 0.5) is 11.8 Å². The van der Waals surface area contributed by atoms with Gasteiger partial charge < -0.3 is 37.0 Å². The van der Waals surface area contributed by atoms with Crippen LogP contribution < -0.4 is 27.0 Å². The minimum Gasteiger partial charge on any atom is -0.480 e. The molecular formula is C31H53N11O3. The van der Waals surface area contributed by atoms with Crippen LogP contribution in [0.1, 0.15) is 94.9 Å². The number of anilines is 2. The van der Waals surface area contributed by atoms with E-state index in [2.05, 4.69) is 53.3 Å². The molecule has 0 unspecified atom stereocenters. The molecule has 45 heavy (non-hydrogen) atoms. The average molecular weight is 628 g/mol. The predicted molar refractivity (Wildman–Crippen MR) is 174 cm³/mol. The smallest absolute Gasteiger partial charge is 0.320 e. The summed E-state index contributed by atoms with van der Waals surface area (Å²) in [6.07, 6.45) is 12.4. The van der Waals surface area contributed by atoms with E-state index in [1.165, 1.54) is 32.1 Å². The van der Waals surface area contributed by atoms with Crippen LogP contribution in [0.2, 0.25) is 0 Å². The Labute approximate surface area is 266 Å². The number of aryl methyl sites for hydroxylation is 2. The molecule has 14 nitrogen and oxygen atoms in total. The molecule has 2 aromatic heterocycles. The lowest BCUT2D eigenvalue weighted by molar-refractivity contribution is -0.139. The number of H-pyrrole nitrogens is 1. The van der Waals surface area contributed by atoms with E-state index in [4.69, 9.17) is 10.8 Å². The Morgan fingerprint density at radius 3 is 2.58 bits per heavy atom. The molecule has 2 aliphatic rings. The highest BCUT2D eigenvalue weighted by molar-refractivity contribution is 5.78. The van der Waals surface area contributed by atoms with Gasteiger partial charge in [-0.25, -0.2) is 9.97 Å². The third-order valence-electron chi connectivity index (χ3n) is 8.64. The van der Waals surface area contributed by atoms with Crippen molar-refractivity contribution >= 4 is 23.6 Å². The van der Waals surface area contributed by atoms with Crippen LogP contribution in [-0.2, 0) is 29.0 Å². The third kappa shape index (κ3) is 12.2. The number of carboxylic acid groups (broad SMARTS) is 1. The molecule has 1 aliphatic carbocycles. The minimum atomic E-state index is -1.08. The van der Waals surface area contributed by atoms with E-state index in [0.29, 0.717) is 25.6 Å². The van der Waals surface area contributed by atoms with Crippen molar-refractivity contribution in [3.63, 3.8) is 0 Å². The lowest BCUT2D eigenvalue weighted by Gasteiger charge is -2.33. The standard InChI is InChI=1S/C31H53N11O3/c1-2-22-20-27(36-24-13-18-42(19-14-24)29(43)12-11-25(32)30(44)45)39-31(37-22)35-21-28-38-26(40-41-28)10-6-15-33-16-7-17-34-23-8-4-3-5-9-23/h20,23-25,33-34H,2-19,21,32H2,1H3,(H,44,45)(H,38,40,41)(H2,35,36,37,39)/t25-/m0/s1. The van der Waals surface area contributed by atoms with E-state index >= 15 is 0 Å². The summed E-state index contributed by atoms with van der Waals surface area (Å²) in [6.45, 7) is 6.79. The van der Waals surface area contributed by atoms with Crippen LogP contribution in [-0.4, -0.2) is 97.9 Å². The predicted octanol–water partition coefficient (Wildman–Crippen LogP) is 2.20. The highest BCUT2D eigenvalue weighted by atomic mass is 16.4. The molecule has 8 N–H and O–H groups in total. The summed E-state index contributed by atoms with van der Waals surface area (Å²) in [5.74, 6) is 1.70. The van der Waals surface area contributed by atoms with E-state index in [9.17, 15) is 9.59 Å². The number of piperidine rings is 1. The molecule has 4 rings (SSSR count). The molecule has 2 aromatic rings. The SMILES string of the molecule is CCc1cc(NC2CCN(C(=O)CC[C@H](N)C(=O)O)CC2)nc(NCc2nc(CCCNCCCNC3CCCCC3)n[nH]2)n1. The van der Waals surface area contributed by atoms with Crippen molar-refractivity contribution in [3.05, 3.63) is 23.4 Å². The summed E-state index contributed by atoms with van der Waals surface area (Å²) in [4.78, 5) is 39.1. The van der Waals surface area contributed by atoms with E-state index in [-0.39, 0.29) is 24.8 Å². The first-order valence-corrected chi connectivity index (χ1v) is 16.9. The van der Waals surface area contributed by atoms with E-state index in [0.717, 1.165) is 87.4 Å². The Hall–Kier alpha value is -3.36. The van der Waals surface area contributed by atoms with Crippen molar-refractivity contribution in [3.8, 4) is 0 Å². The fourth-order valence-electron chi connectivity index (χ4n) is 5.89. The fraction of sp³-hybridized carbons (Fsp3) is 0.742. The molecule has 14 heteroatoms. The number of aromatic amines is 1. The minimum absolute atomic E-state index is 0.0489. The first-order valence-electron chi connectivity index (χ1n) is 16.9. The maximum atomic E-state index is 12.5. The van der Waals surface area contributed by atoms with Gasteiger partial charge in [0, 0.05) is 49.8 Å². The molecule has 1 saturated heterocycles. The summed E-state index contributed by atoms with van der Waals surface area (Å²) >= 11 is 0. The van der Waals surface area contributed by atoms with Crippen LogP contribution in [0.15, 0.2) is 6.07 Å². The highest BCUT2D eigenvalue weighted by Gasteiger charge is 2.24. The van der Waals surface area contributed by atoms with Crippen LogP contribution in [0.3, 0.4) is 0 Å². The Balaban J connectivity index is 1.12. The van der Waals surface area contributed by atoms with Gasteiger partial charge in [-0.15, -0.1) is 0 Å². The number of nitrogens with zero attached hydrogens (tertiary/aromatic N) is 5. The van der Waals surface area contributed by atoms with Gasteiger partial charge in [0.2, 0.25) is 11.9 Å². The second-order valence-corrected chi connectivity index (χ2v) is 12.3. The summed E-state index contributed by atoms with van der Waals surface area (Å²) in [7, 11) is 0. The highest BCUT2D eigenvalue weighted by Crippen LogP contribution is 2.19. The Morgan fingerprint density at radius 1 is 1.04 bits per heavy atom. The number of likely N-dealkylation sites (tertiary alicyclic amines) is 1. The van der Waals surface area contributed by atoms with E-state index in [1.807, 2.05) is 6.07 Å². The van der Waals surface area contributed by atoms with Crippen LogP contribution in [0.5, 0.6) is 0 Å². The zero-order valence-electron chi connectivity index (χ0n) is 26.8. The molecule has 0 bridgehead atoms. The number of aromatic nitrogens is 5. The maximum Gasteiger partial charge on any atom is 0.320 e. The van der Waals surface area contributed by atoms with Crippen molar-refractivity contribution in [2.24, 2.45) is 5.73 Å². The van der Waals surface area contributed by atoms with Gasteiger partial charge in [0.1, 0.15) is 17.7 Å². The Morgan fingerprint density at radius 2 is 1.82 bits per heavy atom. The van der Waals surface area contributed by atoms with Crippen LogP contribution in [0, 0.1) is 0 Å². The lowest BCUT2D eigenvalue weighted by Crippen LogP contribution is -2.43. The second kappa shape index (κ2) is 18.6. The van der Waals surface area contributed by atoms with Gasteiger partial charge >= 0.3 is 5.97 Å². The van der Waals surface area contributed by atoms with Crippen molar-refractivity contribution in [2.45, 2.75) is 115 Å². The molecular weight excluding hydrogens is 574 g/mol. The molecule has 250 valence electrons. The lowest BCUT2D eigenvalue weighted by atomic mass is 9.95. The topological polar surface area (TPSA) is 199 Å². The van der Waals surface area contributed by atoms with Gasteiger partial charge in [0.25, 0.3) is 0 Å². The normalized spacial score (nSPS) is 16.9. The number of aliphatic carboxylic acids is 1. The first kappa shape index (κ1) is 34.5. The van der Waals surface area contributed by atoms with Crippen molar-refractivity contribution in [2.75, 3.05) is 43.4 Å². The molecule has 3 heterocycles. The molecule has 1 saturated carbocycles. The summed E-state index contributed by atoms with van der Waals surface area (Å²) in [6, 6.07) is 1.86. The summed E-state index contributed by atoms with van der Waals surface area (Å²) < 4.78 is 0. The molecule has 1 amide bonds. The van der Waals surface area contributed by atoms with Crippen molar-refractivity contribution < 1.29 is 14.7 Å². The number of nitrogens with two attached hydrogens (primary N) is 1. The van der Waals surface area contributed by atoms with E-state index in [1.54, 1.807) is 4.90 Å². The Bertz CT molecular complexity index is 1180. The number of amides is 1. The van der Waals surface area contributed by atoms with Gasteiger partial charge in [-0.05, 0) is 71.0 Å². The maximum absolute atomic E-state index is 12.5. The molecule has 2 fully saturated rings. The molecule has 0 radical (unpaired) electrons. The van der Waals surface area contributed by atoms with Gasteiger partial charge in [0.05, 0.1) is 6.54 Å². The number of nitrogens with one attached hydrogen (secondary N) is 5. The number of hydrogen-bond donors (Lipinski definition) is 7. The molecule has 0 aromatic carbocycles. The zero-order chi connectivity index (χ0) is 31.9. The first-order chi connectivity index (χ1) is 21.9. The average Bonchev–Trinajstić information content (AvgIpc) is 3.52. The molecule has 0 spiro atoms. The molecule has 1 atom stereocenters. The number of carbonyl (C=O) groups is 2.